The van der Waals surface area contributed by atoms with Gasteiger partial charge in [-0.15, -0.1) is 11.3 Å². The van der Waals surface area contributed by atoms with Gasteiger partial charge >= 0.3 is 0 Å². The summed E-state index contributed by atoms with van der Waals surface area (Å²) in [5.74, 6) is -1.42. The molecule has 152 valence electrons. The predicted octanol–water partition coefficient (Wildman–Crippen LogP) is 5.61. The normalized spacial score (nSPS) is 18.3. The van der Waals surface area contributed by atoms with Crippen LogP contribution in [0.2, 0.25) is 0 Å². The molecule has 0 radical (unpaired) electrons. The molecule has 1 unspecified atom stereocenters. The molecule has 30 heavy (non-hydrogen) atoms. The lowest BCUT2D eigenvalue weighted by atomic mass is 9.97. The zero-order valence-corrected chi connectivity index (χ0v) is 18.2. The van der Waals surface area contributed by atoms with E-state index in [4.69, 9.17) is 0 Å². The van der Waals surface area contributed by atoms with Crippen LogP contribution >= 0.6 is 11.3 Å². The average molecular weight is 418 g/mol. The number of aliphatic hydroxyl groups excluding tert-OH is 1. The molecule has 0 bridgehead atoms. The first-order valence-electron chi connectivity index (χ1n) is 9.79. The summed E-state index contributed by atoms with van der Waals surface area (Å²) in [4.78, 5) is 28.7. The van der Waals surface area contributed by atoms with E-state index in [2.05, 4.69) is 0 Å². The van der Waals surface area contributed by atoms with Gasteiger partial charge in [0.15, 0.2) is 0 Å². The van der Waals surface area contributed by atoms with Gasteiger partial charge in [0.05, 0.1) is 5.57 Å². The molecule has 1 N–H and O–H groups in total. The monoisotopic (exact) mass is 417 g/mol. The molecule has 3 aromatic rings. The molecular formula is C25H23NO3S. The van der Waals surface area contributed by atoms with Crippen LogP contribution in [-0.2, 0) is 9.59 Å². The van der Waals surface area contributed by atoms with Gasteiger partial charge in [-0.2, -0.15) is 0 Å². The molecule has 1 amide bonds. The van der Waals surface area contributed by atoms with Crippen molar-refractivity contribution in [2.75, 3.05) is 4.90 Å². The summed E-state index contributed by atoms with van der Waals surface area (Å²) in [5, 5.41) is 13.0. The lowest BCUT2D eigenvalue weighted by molar-refractivity contribution is -0.132. The number of hydrogen-bond donors (Lipinski definition) is 1. The molecule has 2 heterocycles. The summed E-state index contributed by atoms with van der Waals surface area (Å²) in [5.41, 5.74) is 5.49. The van der Waals surface area contributed by atoms with Crippen LogP contribution in [0.15, 0.2) is 59.5 Å². The van der Waals surface area contributed by atoms with Gasteiger partial charge in [-0.05, 0) is 68.0 Å². The molecular weight excluding hydrogens is 394 g/mol. The number of thiophene rings is 1. The van der Waals surface area contributed by atoms with Gasteiger partial charge in [0.25, 0.3) is 11.7 Å². The van der Waals surface area contributed by atoms with Crippen LogP contribution in [0.3, 0.4) is 0 Å². The van der Waals surface area contributed by atoms with Gasteiger partial charge in [-0.25, -0.2) is 0 Å². The van der Waals surface area contributed by atoms with E-state index in [1.165, 1.54) is 16.2 Å². The first-order valence-corrected chi connectivity index (χ1v) is 10.7. The lowest BCUT2D eigenvalue weighted by Crippen LogP contribution is -2.29. The highest BCUT2D eigenvalue weighted by Crippen LogP contribution is 2.45. The van der Waals surface area contributed by atoms with E-state index >= 15 is 0 Å². The maximum absolute atomic E-state index is 13.2. The zero-order valence-electron chi connectivity index (χ0n) is 17.4. The summed E-state index contributed by atoms with van der Waals surface area (Å²) < 4.78 is 0. The summed E-state index contributed by atoms with van der Waals surface area (Å²) >= 11 is 1.48. The number of hydrogen-bond acceptors (Lipinski definition) is 4. The van der Waals surface area contributed by atoms with Crippen molar-refractivity contribution in [1.82, 2.24) is 0 Å². The molecule has 4 nitrogen and oxygen atoms in total. The van der Waals surface area contributed by atoms with Gasteiger partial charge in [-0.1, -0.05) is 35.9 Å². The van der Waals surface area contributed by atoms with Gasteiger partial charge in [0.2, 0.25) is 0 Å². The molecule has 1 aliphatic rings. The molecule has 2 aromatic carbocycles. The third-order valence-electron chi connectivity index (χ3n) is 5.69. The fourth-order valence-electron chi connectivity index (χ4n) is 3.75. The summed E-state index contributed by atoms with van der Waals surface area (Å²) in [6.45, 7) is 7.90. The minimum absolute atomic E-state index is 0.132. The van der Waals surface area contributed by atoms with Gasteiger partial charge in [-0.3, -0.25) is 14.5 Å². The fraction of sp³-hybridized carbons (Fsp3) is 0.200. The third-order valence-corrected chi connectivity index (χ3v) is 6.76. The fourth-order valence-corrected chi connectivity index (χ4v) is 4.78. The number of rotatable bonds is 3. The second-order valence-corrected chi connectivity index (χ2v) is 8.72. The Morgan fingerprint density at radius 3 is 2.20 bits per heavy atom. The third kappa shape index (κ3) is 3.25. The van der Waals surface area contributed by atoms with Crippen molar-refractivity contribution in [3.8, 4) is 0 Å². The molecule has 1 aliphatic heterocycles. The molecule has 0 aliphatic carbocycles. The van der Waals surface area contributed by atoms with E-state index in [-0.39, 0.29) is 11.3 Å². The minimum atomic E-state index is -0.663. The van der Waals surface area contributed by atoms with Crippen molar-refractivity contribution in [3.05, 3.63) is 92.2 Å². The Morgan fingerprint density at radius 1 is 0.900 bits per heavy atom. The Hall–Kier alpha value is -3.18. The molecule has 4 rings (SSSR count). The van der Waals surface area contributed by atoms with Crippen molar-refractivity contribution in [1.29, 1.82) is 0 Å². The lowest BCUT2D eigenvalue weighted by Gasteiger charge is -2.25. The number of carbonyl (C=O) groups excluding carboxylic acids is 2. The first-order chi connectivity index (χ1) is 14.3. The Labute approximate surface area is 180 Å². The smallest absolute Gasteiger partial charge is 0.300 e. The van der Waals surface area contributed by atoms with E-state index < -0.39 is 17.7 Å². The van der Waals surface area contributed by atoms with Crippen molar-refractivity contribution in [2.45, 2.75) is 33.7 Å². The van der Waals surface area contributed by atoms with Gasteiger partial charge < -0.3 is 5.11 Å². The van der Waals surface area contributed by atoms with Gasteiger partial charge in [0.1, 0.15) is 11.8 Å². The summed E-state index contributed by atoms with van der Waals surface area (Å²) in [6, 6.07) is 14.3. The molecule has 0 saturated carbocycles. The standard InChI is InChI=1S/C25H23NO3S/c1-14-5-8-18(9-6-14)22(27)20-21(24-16(3)11-12-30-24)26(25(29)23(20)28)19-10-7-15(2)17(4)13-19/h5-13,21,27H,1-4H3/b22-20-. The van der Waals surface area contributed by atoms with Crippen LogP contribution in [0.5, 0.6) is 0 Å². The Bertz CT molecular complexity index is 1190. The Morgan fingerprint density at radius 2 is 1.60 bits per heavy atom. The highest BCUT2D eigenvalue weighted by atomic mass is 32.1. The number of benzene rings is 2. The summed E-state index contributed by atoms with van der Waals surface area (Å²) in [6.07, 6.45) is 0. The van der Waals surface area contributed by atoms with E-state index in [9.17, 15) is 14.7 Å². The number of Topliss-reactive ketones (excluding diaryl/α,β-unsaturated/α-hetero) is 1. The number of carbonyl (C=O) groups is 2. The number of aliphatic hydroxyl groups is 1. The van der Waals surface area contributed by atoms with E-state index in [0.29, 0.717) is 11.3 Å². The van der Waals surface area contributed by atoms with Crippen LogP contribution in [0.25, 0.3) is 5.76 Å². The molecule has 0 spiro atoms. The second-order valence-electron chi connectivity index (χ2n) is 7.77. The largest absolute Gasteiger partial charge is 0.507 e. The number of amides is 1. The molecule has 1 fully saturated rings. The Balaban J connectivity index is 1.95. The minimum Gasteiger partial charge on any atom is -0.507 e. The van der Waals surface area contributed by atoms with E-state index in [1.807, 2.05) is 69.5 Å². The van der Waals surface area contributed by atoms with Gasteiger partial charge in [0, 0.05) is 16.1 Å². The highest BCUT2D eigenvalue weighted by molar-refractivity contribution is 7.10. The van der Waals surface area contributed by atoms with Crippen LogP contribution in [0.1, 0.15) is 38.7 Å². The maximum Gasteiger partial charge on any atom is 0.300 e. The average Bonchev–Trinajstić information content (AvgIpc) is 3.25. The summed E-state index contributed by atoms with van der Waals surface area (Å²) in [7, 11) is 0. The van der Waals surface area contributed by atoms with Crippen LogP contribution in [-0.4, -0.2) is 16.8 Å². The van der Waals surface area contributed by atoms with E-state index in [0.717, 1.165) is 27.1 Å². The highest BCUT2D eigenvalue weighted by Gasteiger charge is 2.47. The van der Waals surface area contributed by atoms with Crippen LogP contribution in [0.4, 0.5) is 5.69 Å². The quantitative estimate of drug-likeness (QED) is 0.342. The van der Waals surface area contributed by atoms with Crippen molar-refractivity contribution in [2.24, 2.45) is 0 Å². The van der Waals surface area contributed by atoms with Crippen molar-refractivity contribution in [3.63, 3.8) is 0 Å². The molecule has 1 aromatic heterocycles. The maximum atomic E-state index is 13.2. The molecule has 5 heteroatoms. The molecule has 1 saturated heterocycles. The Kier molecular flexibility index (Phi) is 5.08. The van der Waals surface area contributed by atoms with Crippen molar-refractivity contribution >= 4 is 34.5 Å². The zero-order chi connectivity index (χ0) is 21.6. The first kappa shape index (κ1) is 20.1. The number of anilines is 1. The topological polar surface area (TPSA) is 57.6 Å². The van der Waals surface area contributed by atoms with E-state index in [1.54, 1.807) is 12.1 Å². The second kappa shape index (κ2) is 7.58. The van der Waals surface area contributed by atoms with Crippen LogP contribution in [0, 0.1) is 27.7 Å². The SMILES string of the molecule is Cc1ccc(/C(O)=C2/C(=O)C(=O)N(c3ccc(C)c(C)c3)C2c2sccc2C)cc1. The number of aryl methyl sites for hydroxylation is 4. The number of nitrogens with zero attached hydrogens (tertiary/aromatic N) is 1. The van der Waals surface area contributed by atoms with Crippen LogP contribution < -0.4 is 4.90 Å². The van der Waals surface area contributed by atoms with Crippen molar-refractivity contribution < 1.29 is 14.7 Å². The molecule has 1 atom stereocenters. The number of ketones is 1. The predicted molar refractivity (Wildman–Crippen MR) is 121 cm³/mol.